The molecule has 1 saturated carbocycles. The van der Waals surface area contributed by atoms with Crippen molar-refractivity contribution in [3.05, 3.63) is 35.4 Å². The van der Waals surface area contributed by atoms with Crippen molar-refractivity contribution in [3.63, 3.8) is 0 Å². The van der Waals surface area contributed by atoms with Gasteiger partial charge < -0.3 is 0 Å². The number of benzene rings is 1. The molecule has 1 aromatic carbocycles. The number of nitrogens with zero attached hydrogens (tertiary/aromatic N) is 1. The fourth-order valence-electron chi connectivity index (χ4n) is 6.38. The summed E-state index contributed by atoms with van der Waals surface area (Å²) in [5.41, 5.74) is 3.20. The van der Waals surface area contributed by atoms with Gasteiger partial charge in [-0.25, -0.2) is 0 Å². The molecule has 0 unspecified atom stereocenters. The van der Waals surface area contributed by atoms with Crippen molar-refractivity contribution in [1.29, 1.82) is 0 Å². The summed E-state index contributed by atoms with van der Waals surface area (Å²) in [6.45, 7) is 14.8. The fourth-order valence-corrected chi connectivity index (χ4v) is 6.38. The van der Waals surface area contributed by atoms with Gasteiger partial charge in [-0.15, -0.1) is 0 Å². The molecule has 0 atom stereocenters. The molecule has 2 heteroatoms. The lowest BCUT2D eigenvalue weighted by Crippen LogP contribution is -2.59. The summed E-state index contributed by atoms with van der Waals surface area (Å²) in [7, 11) is 0. The molecule has 2 fully saturated rings. The second-order valence-corrected chi connectivity index (χ2v) is 11.4. The minimum Gasteiger partial charge on any atom is -0.298 e. The lowest BCUT2D eigenvalue weighted by atomic mass is 9.72. The smallest absolute Gasteiger partial charge is 0.0685 e. The van der Waals surface area contributed by atoms with Crippen LogP contribution >= 0.6 is 0 Å². The van der Waals surface area contributed by atoms with E-state index in [0.717, 1.165) is 37.7 Å². The van der Waals surface area contributed by atoms with E-state index in [1.165, 1.54) is 50.5 Å². The highest BCUT2D eigenvalue weighted by molar-refractivity contribution is 5.29. The van der Waals surface area contributed by atoms with Crippen molar-refractivity contribution in [2.75, 3.05) is 6.61 Å². The van der Waals surface area contributed by atoms with E-state index < -0.39 is 0 Å². The van der Waals surface area contributed by atoms with Crippen LogP contribution in [0.15, 0.2) is 24.3 Å². The lowest BCUT2D eigenvalue weighted by Gasteiger charge is -2.54. The Hall–Kier alpha value is -0.860. The third-order valence-corrected chi connectivity index (χ3v) is 7.73. The number of hydroxylamine groups is 2. The first-order chi connectivity index (χ1) is 14.3. The van der Waals surface area contributed by atoms with Crippen molar-refractivity contribution in [3.8, 4) is 0 Å². The van der Waals surface area contributed by atoms with E-state index in [9.17, 15) is 0 Å². The number of hydrogen-bond donors (Lipinski definition) is 0. The van der Waals surface area contributed by atoms with Gasteiger partial charge in [-0.05, 0) is 102 Å². The summed E-state index contributed by atoms with van der Waals surface area (Å²) < 4.78 is 0. The molecule has 2 aliphatic rings. The first-order valence-corrected chi connectivity index (χ1v) is 12.8. The summed E-state index contributed by atoms with van der Waals surface area (Å²) in [5.74, 6) is 2.38. The molecule has 1 saturated heterocycles. The maximum atomic E-state index is 6.30. The van der Waals surface area contributed by atoms with Crippen LogP contribution in [0.5, 0.6) is 0 Å². The first-order valence-electron chi connectivity index (χ1n) is 12.8. The van der Waals surface area contributed by atoms with Gasteiger partial charge in [-0.3, -0.25) is 4.84 Å². The molecule has 1 heterocycles. The van der Waals surface area contributed by atoms with Gasteiger partial charge in [0.15, 0.2) is 0 Å². The second kappa shape index (κ2) is 10.2. The molecule has 0 bridgehead atoms. The van der Waals surface area contributed by atoms with E-state index >= 15 is 0 Å². The number of rotatable bonds is 8. The van der Waals surface area contributed by atoms with Gasteiger partial charge in [0.2, 0.25) is 0 Å². The number of unbranched alkanes of at least 4 members (excludes halogenated alkanes) is 1. The summed E-state index contributed by atoms with van der Waals surface area (Å²) >= 11 is 0. The third-order valence-electron chi connectivity index (χ3n) is 7.73. The molecule has 0 spiro atoms. The van der Waals surface area contributed by atoms with Crippen LogP contribution in [0, 0.1) is 5.92 Å². The lowest BCUT2D eigenvalue weighted by molar-refractivity contribution is -0.283. The molecule has 30 heavy (non-hydrogen) atoms. The minimum absolute atomic E-state index is 0.0521. The Morgan fingerprint density at radius 3 is 1.83 bits per heavy atom. The van der Waals surface area contributed by atoms with Crippen molar-refractivity contribution in [1.82, 2.24) is 5.06 Å². The predicted molar refractivity (Wildman–Crippen MR) is 129 cm³/mol. The molecule has 170 valence electrons. The van der Waals surface area contributed by atoms with Gasteiger partial charge in [-0.1, -0.05) is 57.4 Å². The quantitative estimate of drug-likeness (QED) is 0.398. The zero-order valence-corrected chi connectivity index (χ0v) is 20.7. The molecule has 2 nitrogen and oxygen atoms in total. The Kier molecular flexibility index (Phi) is 8.07. The first kappa shape index (κ1) is 23.8. The summed E-state index contributed by atoms with van der Waals surface area (Å²) in [6.07, 6.45) is 13.0. The molecule has 3 rings (SSSR count). The van der Waals surface area contributed by atoms with Gasteiger partial charge >= 0.3 is 0 Å². The van der Waals surface area contributed by atoms with Crippen LogP contribution < -0.4 is 0 Å². The van der Waals surface area contributed by atoms with Gasteiger partial charge in [0.25, 0.3) is 0 Å². The predicted octanol–water partition coefficient (Wildman–Crippen LogP) is 8.23. The molecular formula is C28H47NO. The average Bonchev–Trinajstić information content (AvgIpc) is 2.70. The van der Waals surface area contributed by atoms with Crippen molar-refractivity contribution in [2.24, 2.45) is 5.92 Å². The molecule has 0 radical (unpaired) electrons. The number of hydrogen-bond acceptors (Lipinski definition) is 2. The third kappa shape index (κ3) is 5.68. The molecule has 0 aromatic heterocycles. The van der Waals surface area contributed by atoms with E-state index in [-0.39, 0.29) is 11.1 Å². The van der Waals surface area contributed by atoms with Crippen molar-refractivity contribution >= 4 is 0 Å². The topological polar surface area (TPSA) is 12.5 Å². The molecule has 1 aliphatic carbocycles. The Labute approximate surface area is 186 Å². The van der Waals surface area contributed by atoms with Gasteiger partial charge in [0.05, 0.1) is 6.61 Å². The summed E-state index contributed by atoms with van der Waals surface area (Å²) in [6, 6.07) is 9.78. The molecule has 0 amide bonds. The van der Waals surface area contributed by atoms with Crippen LogP contribution in [0.25, 0.3) is 0 Å². The summed E-state index contributed by atoms with van der Waals surface area (Å²) in [5, 5.41) is 2.31. The SMILES string of the molecule is CCCCON1C(C)(C)CC(c2ccc(C3CCC(CCC)CC3)cc2)CC1(C)C. The van der Waals surface area contributed by atoms with Crippen LogP contribution in [-0.4, -0.2) is 22.7 Å². The summed E-state index contributed by atoms with van der Waals surface area (Å²) in [4.78, 5) is 6.30. The van der Waals surface area contributed by atoms with Crippen LogP contribution in [0.3, 0.4) is 0 Å². The average molecular weight is 414 g/mol. The Morgan fingerprint density at radius 2 is 1.33 bits per heavy atom. The van der Waals surface area contributed by atoms with Crippen LogP contribution in [0.2, 0.25) is 0 Å². The largest absolute Gasteiger partial charge is 0.298 e. The fraction of sp³-hybridized carbons (Fsp3) is 0.786. The van der Waals surface area contributed by atoms with Crippen molar-refractivity contribution < 1.29 is 4.84 Å². The van der Waals surface area contributed by atoms with Gasteiger partial charge in [-0.2, -0.15) is 5.06 Å². The van der Waals surface area contributed by atoms with E-state index in [1.807, 2.05) is 0 Å². The van der Waals surface area contributed by atoms with E-state index in [1.54, 1.807) is 5.56 Å². The Bertz CT molecular complexity index is 621. The van der Waals surface area contributed by atoms with Crippen LogP contribution in [0.4, 0.5) is 0 Å². The Balaban J connectivity index is 1.64. The maximum Gasteiger partial charge on any atom is 0.0685 e. The van der Waals surface area contributed by atoms with Gasteiger partial charge in [0, 0.05) is 11.1 Å². The zero-order valence-electron chi connectivity index (χ0n) is 20.7. The highest BCUT2D eigenvalue weighted by Crippen LogP contribution is 2.46. The standard InChI is InChI=1S/C28H47NO/c1-7-9-19-30-29-27(3,4)20-26(21-28(29,5)6)25-17-15-24(16-18-25)23-13-11-22(10-8-2)12-14-23/h15-18,22-23,26H,7-14,19-21H2,1-6H3. The second-order valence-electron chi connectivity index (χ2n) is 11.4. The zero-order chi connectivity index (χ0) is 21.8. The molecule has 0 N–H and O–H groups in total. The van der Waals surface area contributed by atoms with Crippen LogP contribution in [0.1, 0.15) is 129 Å². The van der Waals surface area contributed by atoms with E-state index in [2.05, 4.69) is 70.9 Å². The molecule has 1 aromatic rings. The minimum atomic E-state index is 0.0521. The highest BCUT2D eigenvalue weighted by Gasteiger charge is 2.46. The van der Waals surface area contributed by atoms with E-state index in [0.29, 0.717) is 5.92 Å². The van der Waals surface area contributed by atoms with Gasteiger partial charge in [0.1, 0.15) is 0 Å². The Morgan fingerprint density at radius 1 is 0.800 bits per heavy atom. The number of piperidine rings is 1. The van der Waals surface area contributed by atoms with Crippen molar-refractivity contribution in [2.45, 2.75) is 129 Å². The monoisotopic (exact) mass is 413 g/mol. The normalized spacial score (nSPS) is 27.3. The van der Waals surface area contributed by atoms with Crippen LogP contribution in [-0.2, 0) is 4.84 Å². The highest BCUT2D eigenvalue weighted by atomic mass is 16.7. The maximum absolute atomic E-state index is 6.30. The molecular weight excluding hydrogens is 366 g/mol. The molecule has 1 aliphatic heterocycles. The van der Waals surface area contributed by atoms with E-state index in [4.69, 9.17) is 4.84 Å².